The Bertz CT molecular complexity index is 620. The number of aromatic hydroxyl groups is 1. The maximum atomic E-state index is 11.8. The molecule has 2 rings (SSSR count). The second-order valence-corrected chi connectivity index (χ2v) is 6.32. The number of carbonyl (C=O) groups excluding carboxylic acids is 2. The highest BCUT2D eigenvalue weighted by molar-refractivity contribution is 7.12. The van der Waals surface area contributed by atoms with Crippen LogP contribution in [0.25, 0.3) is 0 Å². The van der Waals surface area contributed by atoms with E-state index in [1.165, 1.54) is 11.3 Å². The lowest BCUT2D eigenvalue weighted by Crippen LogP contribution is -2.24. The normalized spacial score (nSPS) is 10.4. The van der Waals surface area contributed by atoms with E-state index in [1.807, 2.05) is 29.6 Å². The van der Waals surface area contributed by atoms with Gasteiger partial charge in [0.1, 0.15) is 5.75 Å². The quantitative estimate of drug-likeness (QED) is 0.545. The van der Waals surface area contributed by atoms with E-state index in [4.69, 9.17) is 0 Å². The molecule has 0 aliphatic rings. The minimum atomic E-state index is -0.00492. The molecule has 0 radical (unpaired) electrons. The molecule has 0 bridgehead atoms. The number of nitrogens with one attached hydrogen (secondary N) is 1. The molecule has 1 heterocycles. The van der Waals surface area contributed by atoms with E-state index in [9.17, 15) is 14.7 Å². The third kappa shape index (κ3) is 6.24. The summed E-state index contributed by atoms with van der Waals surface area (Å²) in [6.45, 7) is 0.624. The third-order valence-electron chi connectivity index (χ3n) is 3.50. The van der Waals surface area contributed by atoms with Gasteiger partial charge in [0.25, 0.3) is 0 Å². The van der Waals surface area contributed by atoms with Crippen molar-refractivity contribution in [1.82, 2.24) is 5.32 Å². The third-order valence-corrected chi connectivity index (χ3v) is 4.42. The highest BCUT2D eigenvalue weighted by atomic mass is 32.1. The average molecular weight is 331 g/mol. The summed E-state index contributed by atoms with van der Waals surface area (Å²) in [6.07, 6.45) is 3.10. The first kappa shape index (κ1) is 17.2. The Labute approximate surface area is 140 Å². The van der Waals surface area contributed by atoms with E-state index in [0.717, 1.165) is 23.3 Å². The molecular weight excluding hydrogens is 310 g/mol. The van der Waals surface area contributed by atoms with Crippen LogP contribution in [0.3, 0.4) is 0 Å². The molecule has 0 aliphatic heterocycles. The largest absolute Gasteiger partial charge is 0.508 e. The number of carbonyl (C=O) groups is 2. The maximum Gasteiger partial charge on any atom is 0.220 e. The number of hydrogen-bond donors (Lipinski definition) is 2. The second kappa shape index (κ2) is 9.10. The minimum absolute atomic E-state index is 0.00492. The molecule has 1 aromatic carbocycles. The van der Waals surface area contributed by atoms with Crippen LogP contribution < -0.4 is 5.32 Å². The monoisotopic (exact) mass is 331 g/mol. The van der Waals surface area contributed by atoms with Crippen molar-refractivity contribution in [2.24, 2.45) is 0 Å². The lowest BCUT2D eigenvalue weighted by atomic mass is 10.1. The van der Waals surface area contributed by atoms with Crippen LogP contribution in [0, 0.1) is 0 Å². The molecule has 1 aromatic heterocycles. The van der Waals surface area contributed by atoms with Gasteiger partial charge < -0.3 is 10.4 Å². The predicted molar refractivity (Wildman–Crippen MR) is 91.9 cm³/mol. The first-order valence-corrected chi connectivity index (χ1v) is 8.64. The fourth-order valence-corrected chi connectivity index (χ4v) is 2.94. The van der Waals surface area contributed by atoms with Gasteiger partial charge in [-0.3, -0.25) is 9.59 Å². The Kier molecular flexibility index (Phi) is 6.81. The summed E-state index contributed by atoms with van der Waals surface area (Å²) in [5, 5.41) is 14.0. The molecule has 0 atom stereocenters. The van der Waals surface area contributed by atoms with Crippen LogP contribution >= 0.6 is 11.3 Å². The number of rotatable bonds is 9. The van der Waals surface area contributed by atoms with Crippen LogP contribution in [-0.2, 0) is 11.2 Å². The Morgan fingerprint density at radius 1 is 1.04 bits per heavy atom. The van der Waals surface area contributed by atoms with E-state index < -0.39 is 0 Å². The van der Waals surface area contributed by atoms with Crippen LogP contribution in [0.1, 0.15) is 40.9 Å². The number of phenolic OH excluding ortho intramolecular Hbond substituents is 1. The van der Waals surface area contributed by atoms with Crippen LogP contribution in [0.15, 0.2) is 41.8 Å². The molecule has 0 unspecified atom stereocenters. The molecule has 0 saturated carbocycles. The van der Waals surface area contributed by atoms with E-state index in [1.54, 1.807) is 12.1 Å². The molecule has 2 aromatic rings. The van der Waals surface area contributed by atoms with Gasteiger partial charge in [-0.15, -0.1) is 11.3 Å². The summed E-state index contributed by atoms with van der Waals surface area (Å²) >= 11 is 1.44. The predicted octanol–water partition coefficient (Wildman–Crippen LogP) is 3.56. The van der Waals surface area contributed by atoms with Crippen molar-refractivity contribution >= 4 is 23.0 Å². The number of hydrogen-bond acceptors (Lipinski definition) is 4. The van der Waals surface area contributed by atoms with Gasteiger partial charge in [0.15, 0.2) is 5.78 Å². The van der Waals surface area contributed by atoms with Gasteiger partial charge >= 0.3 is 0 Å². The van der Waals surface area contributed by atoms with Gasteiger partial charge in [0.05, 0.1) is 4.88 Å². The summed E-state index contributed by atoms with van der Waals surface area (Å²) in [7, 11) is 0. The van der Waals surface area contributed by atoms with E-state index in [2.05, 4.69) is 5.32 Å². The number of Topliss-reactive ketones (excluding diaryl/α,β-unsaturated/α-hetero) is 1. The molecule has 1 amide bonds. The van der Waals surface area contributed by atoms with Gasteiger partial charge in [0.2, 0.25) is 5.91 Å². The Morgan fingerprint density at radius 2 is 1.83 bits per heavy atom. The van der Waals surface area contributed by atoms with Crippen LogP contribution in [0.2, 0.25) is 0 Å². The smallest absolute Gasteiger partial charge is 0.220 e. The fraction of sp³-hybridized carbons (Fsp3) is 0.333. The summed E-state index contributed by atoms with van der Waals surface area (Å²) in [5.74, 6) is 0.369. The molecule has 2 N–H and O–H groups in total. The van der Waals surface area contributed by atoms with Crippen molar-refractivity contribution < 1.29 is 14.7 Å². The Balaban J connectivity index is 1.55. The van der Waals surface area contributed by atoms with Crippen molar-refractivity contribution in [2.45, 2.75) is 32.1 Å². The Hall–Kier alpha value is -2.14. The van der Waals surface area contributed by atoms with Crippen molar-refractivity contribution in [3.05, 3.63) is 52.2 Å². The summed E-state index contributed by atoms with van der Waals surface area (Å²) in [5.41, 5.74) is 1.14. The topological polar surface area (TPSA) is 66.4 Å². The van der Waals surface area contributed by atoms with Crippen LogP contribution in [-0.4, -0.2) is 23.3 Å². The van der Waals surface area contributed by atoms with Gasteiger partial charge in [-0.25, -0.2) is 0 Å². The molecule has 4 nitrogen and oxygen atoms in total. The number of phenols is 1. The van der Waals surface area contributed by atoms with Crippen molar-refractivity contribution in [3.8, 4) is 5.75 Å². The first-order chi connectivity index (χ1) is 11.1. The molecule has 0 fully saturated rings. The molecule has 0 spiro atoms. The van der Waals surface area contributed by atoms with Gasteiger partial charge in [-0.2, -0.15) is 0 Å². The molecule has 122 valence electrons. The van der Waals surface area contributed by atoms with Gasteiger partial charge in [0, 0.05) is 19.4 Å². The first-order valence-electron chi connectivity index (χ1n) is 7.76. The highest BCUT2D eigenvalue weighted by Crippen LogP contribution is 2.13. The standard InChI is InChI=1S/C18H21NO3S/c20-15-10-8-14(9-11-15)4-2-12-19-18(22)7-1-5-16(21)17-6-3-13-23-17/h3,6,8-11,13,20H,1-2,4-5,7,12H2,(H,19,22). The molecule has 0 saturated heterocycles. The zero-order chi connectivity index (χ0) is 16.5. The number of aryl methyl sites for hydroxylation is 1. The maximum absolute atomic E-state index is 11.8. The van der Waals surface area contributed by atoms with Gasteiger partial charge in [-0.1, -0.05) is 18.2 Å². The summed E-state index contributed by atoms with van der Waals surface area (Å²) in [6, 6.07) is 10.8. The van der Waals surface area contributed by atoms with E-state index >= 15 is 0 Å². The summed E-state index contributed by atoms with van der Waals surface area (Å²) in [4.78, 5) is 24.3. The SMILES string of the molecule is O=C(CCCC(=O)c1cccs1)NCCCc1ccc(O)cc1. The Morgan fingerprint density at radius 3 is 2.52 bits per heavy atom. The zero-order valence-corrected chi connectivity index (χ0v) is 13.8. The van der Waals surface area contributed by atoms with Crippen molar-refractivity contribution in [2.75, 3.05) is 6.54 Å². The second-order valence-electron chi connectivity index (χ2n) is 5.37. The van der Waals surface area contributed by atoms with Crippen molar-refractivity contribution in [3.63, 3.8) is 0 Å². The number of amides is 1. The fourth-order valence-electron chi connectivity index (χ4n) is 2.24. The highest BCUT2D eigenvalue weighted by Gasteiger charge is 2.08. The molecule has 0 aliphatic carbocycles. The van der Waals surface area contributed by atoms with Crippen LogP contribution in [0.4, 0.5) is 0 Å². The lowest BCUT2D eigenvalue weighted by molar-refractivity contribution is -0.121. The van der Waals surface area contributed by atoms with Crippen molar-refractivity contribution in [1.29, 1.82) is 0 Å². The number of ketones is 1. The average Bonchev–Trinajstić information content (AvgIpc) is 3.08. The minimum Gasteiger partial charge on any atom is -0.508 e. The summed E-state index contributed by atoms with van der Waals surface area (Å²) < 4.78 is 0. The lowest BCUT2D eigenvalue weighted by Gasteiger charge is -2.05. The van der Waals surface area contributed by atoms with Crippen LogP contribution in [0.5, 0.6) is 5.75 Å². The number of thiophene rings is 1. The zero-order valence-electron chi connectivity index (χ0n) is 13.0. The molecule has 23 heavy (non-hydrogen) atoms. The van der Waals surface area contributed by atoms with Gasteiger partial charge in [-0.05, 0) is 48.4 Å². The molecular formula is C18H21NO3S. The van der Waals surface area contributed by atoms with E-state index in [0.29, 0.717) is 25.8 Å². The van der Waals surface area contributed by atoms with E-state index in [-0.39, 0.29) is 17.4 Å². The number of benzene rings is 1. The molecule has 5 heteroatoms.